The van der Waals surface area contributed by atoms with Gasteiger partial charge in [-0.1, -0.05) is 59.8 Å². The Balaban J connectivity index is 1.58. The number of nitrogens with zero attached hydrogens (tertiary/aromatic N) is 4. The third kappa shape index (κ3) is 4.72. The van der Waals surface area contributed by atoms with Crippen LogP contribution in [0.1, 0.15) is 12.5 Å². The number of aromatic amines is 1. The molecule has 0 radical (unpaired) electrons. The molecule has 0 atom stereocenters. The third-order valence-electron chi connectivity index (χ3n) is 6.40. The molecule has 3 aromatic heterocycles. The molecule has 194 valence electrons. The summed E-state index contributed by atoms with van der Waals surface area (Å²) in [6.07, 6.45) is 0. The molecule has 3 aromatic carbocycles. The molecule has 39 heavy (non-hydrogen) atoms. The number of nitrogens with one attached hydrogen (secondary N) is 1. The number of thioether (sulfide) groups is 1. The highest BCUT2D eigenvalue weighted by Gasteiger charge is 2.22. The number of para-hydroxylation sites is 1. The van der Waals surface area contributed by atoms with E-state index in [0.29, 0.717) is 29.0 Å². The number of aryl methyl sites for hydroxylation is 1. The van der Waals surface area contributed by atoms with Crippen LogP contribution in [0, 0.1) is 6.92 Å². The maximum absolute atomic E-state index is 12.1. The highest BCUT2D eigenvalue weighted by molar-refractivity contribution is 7.99. The smallest absolute Gasteiger partial charge is 0.316 e. The van der Waals surface area contributed by atoms with Gasteiger partial charge >= 0.3 is 5.97 Å². The fraction of sp³-hybridized carbons (Fsp3) is 0.133. The molecule has 8 nitrogen and oxygen atoms in total. The van der Waals surface area contributed by atoms with Gasteiger partial charge in [-0.3, -0.25) is 9.36 Å². The number of rotatable bonds is 7. The number of ether oxygens (including phenoxy) is 1. The summed E-state index contributed by atoms with van der Waals surface area (Å²) < 4.78 is 7.03. The normalized spacial score (nSPS) is 11.3. The first kappa shape index (κ1) is 24.7. The number of carbonyl (C=O) groups excluding carboxylic acids is 1. The molecule has 0 aliphatic heterocycles. The number of esters is 1. The molecular formula is C30H25N5O3S. The van der Waals surface area contributed by atoms with Crippen LogP contribution < -0.4 is 0 Å². The zero-order chi connectivity index (χ0) is 26.9. The molecule has 2 N–H and O–H groups in total. The number of hydrogen-bond donors (Lipinski definition) is 2. The summed E-state index contributed by atoms with van der Waals surface area (Å²) in [4.78, 5) is 20.7. The van der Waals surface area contributed by atoms with E-state index in [1.165, 1.54) is 11.8 Å². The Kier molecular flexibility index (Phi) is 6.50. The molecule has 0 aliphatic rings. The molecule has 0 amide bonds. The van der Waals surface area contributed by atoms with Gasteiger partial charge in [-0.15, -0.1) is 10.2 Å². The van der Waals surface area contributed by atoms with Crippen molar-refractivity contribution in [2.75, 3.05) is 12.4 Å². The van der Waals surface area contributed by atoms with Gasteiger partial charge in [0.2, 0.25) is 0 Å². The van der Waals surface area contributed by atoms with Gasteiger partial charge in [0.25, 0.3) is 0 Å². The molecule has 0 bridgehead atoms. The van der Waals surface area contributed by atoms with Crippen LogP contribution in [0.25, 0.3) is 50.3 Å². The van der Waals surface area contributed by atoms with Gasteiger partial charge in [-0.05, 0) is 50.2 Å². The number of phenolic OH excluding ortho intramolecular Hbond substituents is 1. The molecule has 9 heteroatoms. The van der Waals surface area contributed by atoms with E-state index in [2.05, 4.69) is 21.2 Å². The van der Waals surface area contributed by atoms with Crippen LogP contribution in [-0.4, -0.2) is 48.2 Å². The monoisotopic (exact) mass is 535 g/mol. The van der Waals surface area contributed by atoms with Crippen molar-refractivity contribution >= 4 is 39.5 Å². The quantitative estimate of drug-likeness (QED) is 0.183. The van der Waals surface area contributed by atoms with Crippen LogP contribution >= 0.6 is 11.8 Å². The summed E-state index contributed by atoms with van der Waals surface area (Å²) in [6, 6.07) is 25.2. The Labute approximate surface area is 228 Å². The van der Waals surface area contributed by atoms with Crippen molar-refractivity contribution < 1.29 is 14.6 Å². The minimum absolute atomic E-state index is 0.112. The molecule has 0 saturated carbocycles. The summed E-state index contributed by atoms with van der Waals surface area (Å²) in [5, 5.41) is 21.8. The number of pyridine rings is 1. The second-order valence-electron chi connectivity index (χ2n) is 9.07. The number of aromatic nitrogens is 5. The predicted molar refractivity (Wildman–Crippen MR) is 153 cm³/mol. The van der Waals surface area contributed by atoms with Gasteiger partial charge in [0, 0.05) is 27.5 Å². The topological polar surface area (TPSA) is 106 Å². The Morgan fingerprint density at radius 1 is 1.00 bits per heavy atom. The number of carbonyl (C=O) groups is 1. The van der Waals surface area contributed by atoms with Crippen LogP contribution in [0.3, 0.4) is 0 Å². The predicted octanol–water partition coefficient (Wildman–Crippen LogP) is 6.30. The highest BCUT2D eigenvalue weighted by Crippen LogP contribution is 2.37. The van der Waals surface area contributed by atoms with Gasteiger partial charge in [0.1, 0.15) is 11.4 Å². The van der Waals surface area contributed by atoms with E-state index in [1.54, 1.807) is 25.1 Å². The van der Waals surface area contributed by atoms with Gasteiger partial charge in [0.15, 0.2) is 11.0 Å². The molecule has 6 rings (SSSR count). The van der Waals surface area contributed by atoms with Crippen molar-refractivity contribution in [3.05, 3.63) is 84.4 Å². The summed E-state index contributed by atoms with van der Waals surface area (Å²) in [5.74, 6) is 0.497. The van der Waals surface area contributed by atoms with Crippen LogP contribution in [0.5, 0.6) is 5.75 Å². The fourth-order valence-corrected chi connectivity index (χ4v) is 5.35. The average molecular weight is 536 g/mol. The van der Waals surface area contributed by atoms with E-state index in [0.717, 1.165) is 38.6 Å². The van der Waals surface area contributed by atoms with Crippen LogP contribution in [-0.2, 0) is 9.53 Å². The molecule has 0 aliphatic carbocycles. The lowest BCUT2D eigenvalue weighted by Gasteiger charge is -2.12. The van der Waals surface area contributed by atoms with Gasteiger partial charge in [0.05, 0.1) is 23.6 Å². The van der Waals surface area contributed by atoms with Crippen molar-refractivity contribution in [2.45, 2.75) is 19.0 Å². The summed E-state index contributed by atoms with van der Waals surface area (Å²) in [6.45, 7) is 4.13. The molecular weight excluding hydrogens is 510 g/mol. The summed E-state index contributed by atoms with van der Waals surface area (Å²) >= 11 is 1.27. The van der Waals surface area contributed by atoms with Gasteiger partial charge < -0.3 is 14.8 Å². The minimum atomic E-state index is -0.313. The molecule has 0 unspecified atom stereocenters. The zero-order valence-corrected chi connectivity index (χ0v) is 22.2. The number of benzene rings is 3. The first-order valence-corrected chi connectivity index (χ1v) is 13.5. The first-order chi connectivity index (χ1) is 19.0. The number of hydrogen-bond acceptors (Lipinski definition) is 7. The Morgan fingerprint density at radius 2 is 1.82 bits per heavy atom. The van der Waals surface area contributed by atoms with Crippen LogP contribution in [0.4, 0.5) is 0 Å². The van der Waals surface area contributed by atoms with Crippen LogP contribution in [0.2, 0.25) is 0 Å². The first-order valence-electron chi connectivity index (χ1n) is 12.5. The SMILES string of the molecule is CCOC(=O)CSc1nnc(-c2cc3c([nH]c4ccccc43)c(-c3cccc(O)c3)n2)n1-c1ccc(C)cc1. The van der Waals surface area contributed by atoms with Crippen molar-refractivity contribution in [3.63, 3.8) is 0 Å². The fourth-order valence-electron chi connectivity index (χ4n) is 4.60. The zero-order valence-electron chi connectivity index (χ0n) is 21.4. The van der Waals surface area contributed by atoms with Crippen molar-refractivity contribution in [2.24, 2.45) is 0 Å². The largest absolute Gasteiger partial charge is 0.508 e. The minimum Gasteiger partial charge on any atom is -0.508 e. The molecule has 0 saturated heterocycles. The lowest BCUT2D eigenvalue weighted by Crippen LogP contribution is -2.08. The van der Waals surface area contributed by atoms with Crippen molar-refractivity contribution in [3.8, 4) is 34.2 Å². The standard InChI is InChI=1S/C30H25N5O3S/c1-3-38-26(37)17-39-30-34-33-29(35(30)20-13-11-18(2)12-14-20)25-16-23-22-9-4-5-10-24(22)31-28(23)27(32-25)19-7-6-8-21(36)15-19/h4-16,31,36H,3,17H2,1-2H3. The summed E-state index contributed by atoms with van der Waals surface area (Å²) in [7, 11) is 0. The summed E-state index contributed by atoms with van der Waals surface area (Å²) in [5.41, 5.74) is 5.90. The lowest BCUT2D eigenvalue weighted by molar-refractivity contribution is -0.139. The maximum atomic E-state index is 12.1. The van der Waals surface area contributed by atoms with E-state index in [1.807, 2.05) is 66.1 Å². The van der Waals surface area contributed by atoms with E-state index in [9.17, 15) is 9.90 Å². The van der Waals surface area contributed by atoms with E-state index in [-0.39, 0.29) is 17.5 Å². The third-order valence-corrected chi connectivity index (χ3v) is 7.30. The van der Waals surface area contributed by atoms with Gasteiger partial charge in [-0.25, -0.2) is 4.98 Å². The van der Waals surface area contributed by atoms with E-state index >= 15 is 0 Å². The molecule has 3 heterocycles. The van der Waals surface area contributed by atoms with Crippen LogP contribution in [0.15, 0.2) is 84.0 Å². The molecule has 0 spiro atoms. The molecule has 0 fully saturated rings. The van der Waals surface area contributed by atoms with E-state index in [4.69, 9.17) is 9.72 Å². The molecule has 6 aromatic rings. The highest BCUT2D eigenvalue weighted by atomic mass is 32.2. The Hall–Kier alpha value is -4.63. The number of phenols is 1. The maximum Gasteiger partial charge on any atom is 0.316 e. The average Bonchev–Trinajstić information content (AvgIpc) is 3.54. The number of aromatic hydroxyl groups is 1. The lowest BCUT2D eigenvalue weighted by atomic mass is 10.1. The number of H-pyrrole nitrogens is 1. The van der Waals surface area contributed by atoms with Crippen molar-refractivity contribution in [1.82, 2.24) is 24.7 Å². The Morgan fingerprint density at radius 3 is 2.62 bits per heavy atom. The van der Waals surface area contributed by atoms with Crippen molar-refractivity contribution in [1.29, 1.82) is 0 Å². The van der Waals surface area contributed by atoms with E-state index < -0.39 is 0 Å². The number of fused-ring (bicyclic) bond motifs is 3. The second kappa shape index (κ2) is 10.3. The Bertz CT molecular complexity index is 1820. The van der Waals surface area contributed by atoms with Gasteiger partial charge in [-0.2, -0.15) is 0 Å². The second-order valence-corrected chi connectivity index (χ2v) is 10.0.